The highest BCUT2D eigenvalue weighted by Gasteiger charge is 2.20. The molecule has 27 heavy (non-hydrogen) atoms. The molecule has 2 aromatic rings. The van der Waals surface area contributed by atoms with Gasteiger partial charge in [-0.05, 0) is 37.3 Å². The number of esters is 1. The number of nitrogens with one attached hydrogen (secondary N) is 2. The number of carbonyl (C=O) groups is 3. The van der Waals surface area contributed by atoms with Crippen molar-refractivity contribution in [3.05, 3.63) is 64.2 Å². The molecule has 0 heterocycles. The summed E-state index contributed by atoms with van der Waals surface area (Å²) in [4.78, 5) is 45.3. The lowest BCUT2D eigenvalue weighted by Gasteiger charge is -2.14. The smallest absolute Gasteiger partial charge is 0.339 e. The van der Waals surface area contributed by atoms with E-state index in [0.29, 0.717) is 11.4 Å². The van der Waals surface area contributed by atoms with Crippen LogP contribution < -0.4 is 10.6 Å². The lowest BCUT2D eigenvalue weighted by Crippen LogP contribution is -2.30. The summed E-state index contributed by atoms with van der Waals surface area (Å²) in [6, 6.07) is 11.4. The van der Waals surface area contributed by atoms with Gasteiger partial charge in [-0.15, -0.1) is 0 Å². The normalized spacial score (nSPS) is 11.2. The Morgan fingerprint density at radius 2 is 1.63 bits per heavy atom. The first-order valence-electron chi connectivity index (χ1n) is 7.90. The highest BCUT2D eigenvalue weighted by Crippen LogP contribution is 2.16. The number of hydrogen-bond donors (Lipinski definition) is 2. The number of benzene rings is 2. The molecule has 0 radical (unpaired) electrons. The fourth-order valence-electron chi connectivity index (χ4n) is 2.11. The molecule has 0 aliphatic carbocycles. The zero-order chi connectivity index (χ0) is 20.0. The first kappa shape index (κ1) is 19.6. The number of hydrogen-bond acceptors (Lipinski definition) is 6. The largest absolute Gasteiger partial charge is 0.449 e. The second-order valence-electron chi connectivity index (χ2n) is 5.60. The van der Waals surface area contributed by atoms with E-state index >= 15 is 0 Å². The maximum Gasteiger partial charge on any atom is 0.339 e. The molecule has 0 unspecified atom stereocenters. The average Bonchev–Trinajstić information content (AvgIpc) is 2.62. The number of amides is 2. The van der Waals surface area contributed by atoms with Gasteiger partial charge in [-0.1, -0.05) is 6.07 Å². The van der Waals surface area contributed by atoms with Crippen LogP contribution in [0, 0.1) is 10.1 Å². The van der Waals surface area contributed by atoms with Crippen molar-refractivity contribution in [2.75, 3.05) is 10.6 Å². The molecule has 0 spiro atoms. The number of non-ortho nitro benzene ring substituents is 1. The third-order valence-corrected chi connectivity index (χ3v) is 3.42. The second-order valence-corrected chi connectivity index (χ2v) is 5.60. The van der Waals surface area contributed by atoms with Crippen LogP contribution in [0.4, 0.5) is 17.1 Å². The maximum atomic E-state index is 12.2. The van der Waals surface area contributed by atoms with Gasteiger partial charge in [0.1, 0.15) is 0 Å². The molecule has 0 saturated carbocycles. The minimum absolute atomic E-state index is 0.0245. The summed E-state index contributed by atoms with van der Waals surface area (Å²) in [6.07, 6.45) is -1.12. The number of nitro groups is 1. The van der Waals surface area contributed by atoms with Crippen molar-refractivity contribution in [2.24, 2.45) is 0 Å². The lowest BCUT2D eigenvalue weighted by atomic mass is 10.2. The quantitative estimate of drug-likeness (QED) is 0.456. The van der Waals surface area contributed by atoms with Crippen LogP contribution in [0.25, 0.3) is 0 Å². The number of nitro benzene ring substituents is 1. The molecule has 0 saturated heterocycles. The van der Waals surface area contributed by atoms with E-state index in [1.165, 1.54) is 32.0 Å². The predicted molar refractivity (Wildman–Crippen MR) is 97.3 cm³/mol. The second kappa shape index (κ2) is 8.56. The molecule has 2 amide bonds. The van der Waals surface area contributed by atoms with Crippen LogP contribution >= 0.6 is 0 Å². The van der Waals surface area contributed by atoms with Crippen LogP contribution in [0.15, 0.2) is 48.5 Å². The monoisotopic (exact) mass is 371 g/mol. The Bertz CT molecular complexity index is 879. The molecular formula is C18H17N3O6. The Hall–Kier alpha value is -3.75. The predicted octanol–water partition coefficient (Wildman–Crippen LogP) is 2.74. The summed E-state index contributed by atoms with van der Waals surface area (Å²) in [5.74, 6) is -1.63. The SMILES string of the molecule is CC(=O)Nc1ccc(NC(=O)[C@@H](C)OC(=O)c2cccc([N+](=O)[O-])c2)cc1. The molecule has 140 valence electrons. The maximum absolute atomic E-state index is 12.2. The van der Waals surface area contributed by atoms with Gasteiger partial charge in [-0.3, -0.25) is 19.7 Å². The van der Waals surface area contributed by atoms with Gasteiger partial charge in [0.2, 0.25) is 5.91 Å². The van der Waals surface area contributed by atoms with Gasteiger partial charge < -0.3 is 15.4 Å². The summed E-state index contributed by atoms with van der Waals surface area (Å²) in [6.45, 7) is 2.77. The van der Waals surface area contributed by atoms with Gasteiger partial charge in [-0.25, -0.2) is 4.79 Å². The zero-order valence-corrected chi connectivity index (χ0v) is 14.6. The van der Waals surface area contributed by atoms with Gasteiger partial charge in [-0.2, -0.15) is 0 Å². The number of ether oxygens (including phenoxy) is 1. The van der Waals surface area contributed by atoms with Crippen LogP contribution in [-0.2, 0) is 14.3 Å². The lowest BCUT2D eigenvalue weighted by molar-refractivity contribution is -0.384. The average molecular weight is 371 g/mol. The molecule has 0 aliphatic rings. The number of anilines is 2. The molecular weight excluding hydrogens is 354 g/mol. The van der Waals surface area contributed by atoms with Crippen molar-refractivity contribution in [1.29, 1.82) is 0 Å². The van der Waals surface area contributed by atoms with Crippen LogP contribution in [0.5, 0.6) is 0 Å². The van der Waals surface area contributed by atoms with Crippen LogP contribution in [0.3, 0.4) is 0 Å². The third-order valence-electron chi connectivity index (χ3n) is 3.42. The first-order chi connectivity index (χ1) is 12.8. The fourth-order valence-corrected chi connectivity index (χ4v) is 2.11. The van der Waals surface area contributed by atoms with E-state index in [4.69, 9.17) is 4.74 Å². The van der Waals surface area contributed by atoms with Crippen molar-refractivity contribution in [3.8, 4) is 0 Å². The summed E-state index contributed by atoms with van der Waals surface area (Å²) in [5.41, 5.74) is 0.752. The molecule has 0 fully saturated rings. The first-order valence-corrected chi connectivity index (χ1v) is 7.90. The van der Waals surface area contributed by atoms with Crippen molar-refractivity contribution >= 4 is 34.8 Å². The van der Waals surface area contributed by atoms with E-state index in [0.717, 1.165) is 6.07 Å². The highest BCUT2D eigenvalue weighted by molar-refractivity contribution is 5.97. The molecule has 9 nitrogen and oxygen atoms in total. The van der Waals surface area contributed by atoms with Crippen LogP contribution in [-0.4, -0.2) is 28.8 Å². The molecule has 1 atom stereocenters. The molecule has 2 aromatic carbocycles. The van der Waals surface area contributed by atoms with E-state index in [2.05, 4.69) is 10.6 Å². The molecule has 0 aromatic heterocycles. The van der Waals surface area contributed by atoms with Gasteiger partial charge >= 0.3 is 5.97 Å². The minimum atomic E-state index is -1.12. The molecule has 2 N–H and O–H groups in total. The number of rotatable bonds is 6. The van der Waals surface area contributed by atoms with Gasteiger partial charge in [0.25, 0.3) is 11.6 Å². The Morgan fingerprint density at radius 3 is 2.19 bits per heavy atom. The van der Waals surface area contributed by atoms with Crippen molar-refractivity contribution in [3.63, 3.8) is 0 Å². The Balaban J connectivity index is 1.96. The van der Waals surface area contributed by atoms with Gasteiger partial charge in [0.05, 0.1) is 10.5 Å². The minimum Gasteiger partial charge on any atom is -0.449 e. The fraction of sp³-hybridized carbons (Fsp3) is 0.167. The molecule has 0 aliphatic heterocycles. The number of nitrogens with zero attached hydrogens (tertiary/aromatic N) is 1. The Kier molecular flexibility index (Phi) is 6.21. The molecule has 0 bridgehead atoms. The topological polar surface area (TPSA) is 128 Å². The summed E-state index contributed by atoms with van der Waals surface area (Å²) >= 11 is 0. The zero-order valence-electron chi connectivity index (χ0n) is 14.6. The third kappa shape index (κ3) is 5.63. The summed E-state index contributed by atoms with van der Waals surface area (Å²) < 4.78 is 5.05. The Morgan fingerprint density at radius 1 is 1.04 bits per heavy atom. The van der Waals surface area contributed by atoms with Gasteiger partial charge in [0.15, 0.2) is 6.10 Å². The van der Waals surface area contributed by atoms with E-state index in [1.807, 2.05) is 0 Å². The van der Waals surface area contributed by atoms with Crippen LogP contribution in [0.2, 0.25) is 0 Å². The van der Waals surface area contributed by atoms with E-state index in [1.54, 1.807) is 24.3 Å². The van der Waals surface area contributed by atoms with Crippen molar-refractivity contribution in [2.45, 2.75) is 20.0 Å². The van der Waals surface area contributed by atoms with Crippen molar-refractivity contribution in [1.82, 2.24) is 0 Å². The molecule has 9 heteroatoms. The van der Waals surface area contributed by atoms with E-state index in [-0.39, 0.29) is 17.2 Å². The Labute approximate surface area is 154 Å². The number of carbonyl (C=O) groups excluding carboxylic acids is 3. The summed E-state index contributed by atoms with van der Waals surface area (Å²) in [5, 5.41) is 15.9. The molecule has 2 rings (SSSR count). The van der Waals surface area contributed by atoms with E-state index < -0.39 is 22.9 Å². The summed E-state index contributed by atoms with van der Waals surface area (Å²) in [7, 11) is 0. The highest BCUT2D eigenvalue weighted by atomic mass is 16.6. The van der Waals surface area contributed by atoms with Crippen LogP contribution in [0.1, 0.15) is 24.2 Å². The van der Waals surface area contributed by atoms with Gasteiger partial charge in [0, 0.05) is 30.4 Å². The van der Waals surface area contributed by atoms with Crippen molar-refractivity contribution < 1.29 is 24.0 Å². The van der Waals surface area contributed by atoms with E-state index in [9.17, 15) is 24.5 Å². The standard InChI is InChI=1S/C18H17N3O6/c1-11(27-18(24)13-4-3-5-16(10-13)21(25)26)17(23)20-15-8-6-14(7-9-15)19-12(2)22/h3-11H,1-2H3,(H,19,22)(H,20,23)/t11-/m1/s1.